The lowest BCUT2D eigenvalue weighted by molar-refractivity contribution is -0.171. The van der Waals surface area contributed by atoms with Gasteiger partial charge in [0.25, 0.3) is 0 Å². The number of carbonyl (C=O) groups excluding carboxylic acids is 2. The van der Waals surface area contributed by atoms with Crippen molar-refractivity contribution in [3.05, 3.63) is 0 Å². The van der Waals surface area contributed by atoms with E-state index in [1.165, 1.54) is 78.1 Å². The zero-order valence-corrected chi connectivity index (χ0v) is 16.4. The highest BCUT2D eigenvalue weighted by atomic mass is 16.6. The first-order chi connectivity index (χ1) is 12.0. The summed E-state index contributed by atoms with van der Waals surface area (Å²) < 4.78 is 9.85. The van der Waals surface area contributed by atoms with Crippen LogP contribution in [0.15, 0.2) is 0 Å². The molecule has 148 valence electrons. The fourth-order valence-electron chi connectivity index (χ4n) is 2.55. The van der Waals surface area contributed by atoms with Crippen LogP contribution < -0.4 is 0 Å². The van der Waals surface area contributed by atoms with Gasteiger partial charge in [0.1, 0.15) is 6.10 Å². The van der Waals surface area contributed by atoms with Crippen molar-refractivity contribution in [2.75, 3.05) is 6.61 Å². The van der Waals surface area contributed by atoms with Gasteiger partial charge in [0.15, 0.2) is 6.10 Å². The van der Waals surface area contributed by atoms with Crippen molar-refractivity contribution in [2.24, 2.45) is 0 Å². The first kappa shape index (κ1) is 23.9. The molecule has 0 spiro atoms. The predicted molar refractivity (Wildman–Crippen MR) is 99.3 cm³/mol. The second kappa shape index (κ2) is 16.4. The van der Waals surface area contributed by atoms with E-state index in [9.17, 15) is 9.59 Å². The lowest BCUT2D eigenvalue weighted by atomic mass is 10.1. The van der Waals surface area contributed by atoms with Crippen LogP contribution in [-0.2, 0) is 19.1 Å². The Morgan fingerprint density at radius 2 is 1.20 bits per heavy atom. The number of aliphatic hydroxyl groups excluding tert-OH is 1. The number of hydrogen-bond acceptors (Lipinski definition) is 5. The molecule has 0 aromatic heterocycles. The maximum atomic E-state index is 11.6. The molecule has 0 saturated heterocycles. The fraction of sp³-hybridized carbons (Fsp3) is 0.900. The minimum atomic E-state index is -1.23. The molecule has 0 heterocycles. The number of unbranched alkanes of at least 4 members (excludes halogenated alkanes) is 11. The summed E-state index contributed by atoms with van der Waals surface area (Å²) in [5.41, 5.74) is 0. The lowest BCUT2D eigenvalue weighted by Crippen LogP contribution is -2.30. The van der Waals surface area contributed by atoms with E-state index in [0.717, 1.165) is 12.8 Å². The van der Waals surface area contributed by atoms with Crippen LogP contribution in [0.1, 0.15) is 97.8 Å². The summed E-state index contributed by atoms with van der Waals surface area (Å²) >= 11 is 0. The van der Waals surface area contributed by atoms with Gasteiger partial charge in [0.05, 0.1) is 6.61 Å². The number of ether oxygens (including phenoxy) is 2. The highest BCUT2D eigenvalue weighted by Gasteiger charge is 2.21. The van der Waals surface area contributed by atoms with Gasteiger partial charge in [-0.1, -0.05) is 77.6 Å². The normalized spacial score (nSPS) is 13.3. The monoisotopic (exact) mass is 358 g/mol. The van der Waals surface area contributed by atoms with Gasteiger partial charge in [-0.25, -0.2) is 9.59 Å². The quantitative estimate of drug-likeness (QED) is 0.324. The predicted octanol–water partition coefficient (Wildman–Crippen LogP) is 4.54. The molecule has 0 bridgehead atoms. The minimum absolute atomic E-state index is 0.354. The Hall–Kier alpha value is -1.10. The summed E-state index contributed by atoms with van der Waals surface area (Å²) in [6, 6.07) is 0. The third-order valence-corrected chi connectivity index (χ3v) is 4.21. The molecule has 5 heteroatoms. The Labute approximate surface area is 153 Å². The van der Waals surface area contributed by atoms with E-state index in [1.54, 1.807) is 0 Å². The van der Waals surface area contributed by atoms with Crippen LogP contribution >= 0.6 is 0 Å². The third-order valence-electron chi connectivity index (χ3n) is 4.21. The van der Waals surface area contributed by atoms with Crippen molar-refractivity contribution >= 4 is 11.9 Å². The van der Waals surface area contributed by atoms with Gasteiger partial charge in [0, 0.05) is 0 Å². The molecule has 2 unspecified atom stereocenters. The van der Waals surface area contributed by atoms with Crippen molar-refractivity contribution < 1.29 is 24.2 Å². The van der Waals surface area contributed by atoms with Crippen molar-refractivity contribution in [3.63, 3.8) is 0 Å². The SMILES string of the molecule is CCCCCCCCCCCCCCOC(=O)C(C)OC(=O)C(C)O. The van der Waals surface area contributed by atoms with E-state index in [0.29, 0.717) is 6.61 Å². The van der Waals surface area contributed by atoms with Crippen LogP contribution in [0.2, 0.25) is 0 Å². The second-order valence-electron chi connectivity index (χ2n) is 6.81. The molecule has 0 aromatic carbocycles. The average Bonchev–Trinajstić information content (AvgIpc) is 2.58. The van der Waals surface area contributed by atoms with Crippen molar-refractivity contribution in [3.8, 4) is 0 Å². The molecule has 1 N–H and O–H groups in total. The topological polar surface area (TPSA) is 72.8 Å². The van der Waals surface area contributed by atoms with Gasteiger partial charge in [-0.05, 0) is 20.3 Å². The van der Waals surface area contributed by atoms with Gasteiger partial charge >= 0.3 is 11.9 Å². The summed E-state index contributed by atoms with van der Waals surface area (Å²) in [5, 5.41) is 9.02. The largest absolute Gasteiger partial charge is 0.463 e. The van der Waals surface area contributed by atoms with Crippen LogP contribution in [-0.4, -0.2) is 35.9 Å². The van der Waals surface area contributed by atoms with Gasteiger partial charge in [-0.2, -0.15) is 0 Å². The summed E-state index contributed by atoms with van der Waals surface area (Å²) in [4.78, 5) is 22.8. The number of carbonyl (C=O) groups is 2. The van der Waals surface area contributed by atoms with Gasteiger partial charge in [-0.15, -0.1) is 0 Å². The smallest absolute Gasteiger partial charge is 0.347 e. The first-order valence-electron chi connectivity index (χ1n) is 10.0. The standard InChI is InChI=1S/C20H38O5/c1-4-5-6-7-8-9-10-11-12-13-14-15-16-24-20(23)18(3)25-19(22)17(2)21/h17-18,21H,4-16H2,1-3H3. The molecule has 0 saturated carbocycles. The Bertz CT molecular complexity index is 341. The Balaban J connectivity index is 3.37. The fourth-order valence-corrected chi connectivity index (χ4v) is 2.55. The molecule has 0 rings (SSSR count). The highest BCUT2D eigenvalue weighted by Crippen LogP contribution is 2.12. The number of esters is 2. The number of hydrogen-bond donors (Lipinski definition) is 1. The van der Waals surface area contributed by atoms with E-state index in [1.807, 2.05) is 0 Å². The van der Waals surface area contributed by atoms with Gasteiger partial charge < -0.3 is 14.6 Å². The molecule has 2 atom stereocenters. The molecule has 0 aromatic rings. The molecular weight excluding hydrogens is 320 g/mol. The average molecular weight is 359 g/mol. The number of rotatable bonds is 16. The third kappa shape index (κ3) is 14.9. The Kier molecular flexibility index (Phi) is 15.7. The van der Waals surface area contributed by atoms with Gasteiger partial charge in [0.2, 0.25) is 0 Å². The van der Waals surface area contributed by atoms with Crippen molar-refractivity contribution in [1.29, 1.82) is 0 Å². The molecular formula is C20H38O5. The summed E-state index contributed by atoms with van der Waals surface area (Å²) in [7, 11) is 0. The molecule has 0 aliphatic heterocycles. The van der Waals surface area contributed by atoms with Crippen molar-refractivity contribution in [2.45, 2.75) is 110 Å². The van der Waals surface area contributed by atoms with E-state index in [2.05, 4.69) is 6.92 Å². The zero-order chi connectivity index (χ0) is 18.9. The van der Waals surface area contributed by atoms with E-state index < -0.39 is 24.1 Å². The maximum absolute atomic E-state index is 11.6. The minimum Gasteiger partial charge on any atom is -0.463 e. The molecule has 0 amide bonds. The van der Waals surface area contributed by atoms with E-state index in [-0.39, 0.29) is 0 Å². The first-order valence-corrected chi connectivity index (χ1v) is 10.0. The van der Waals surface area contributed by atoms with Crippen LogP contribution in [0.5, 0.6) is 0 Å². The molecule has 0 aliphatic rings. The lowest BCUT2D eigenvalue weighted by Gasteiger charge is -2.13. The van der Waals surface area contributed by atoms with Crippen LogP contribution in [0.3, 0.4) is 0 Å². The molecule has 25 heavy (non-hydrogen) atoms. The maximum Gasteiger partial charge on any atom is 0.347 e. The van der Waals surface area contributed by atoms with Gasteiger partial charge in [-0.3, -0.25) is 0 Å². The van der Waals surface area contributed by atoms with E-state index >= 15 is 0 Å². The Morgan fingerprint density at radius 3 is 1.64 bits per heavy atom. The molecule has 0 aliphatic carbocycles. The van der Waals surface area contributed by atoms with Crippen LogP contribution in [0.4, 0.5) is 0 Å². The Morgan fingerprint density at radius 1 is 0.760 bits per heavy atom. The zero-order valence-electron chi connectivity index (χ0n) is 16.4. The van der Waals surface area contributed by atoms with Crippen molar-refractivity contribution in [1.82, 2.24) is 0 Å². The number of aliphatic hydroxyl groups is 1. The molecule has 5 nitrogen and oxygen atoms in total. The highest BCUT2D eigenvalue weighted by molar-refractivity contribution is 5.80. The summed E-state index contributed by atoms with van der Waals surface area (Å²) in [6.45, 7) is 5.35. The summed E-state index contributed by atoms with van der Waals surface area (Å²) in [6.07, 6.45) is 12.9. The van der Waals surface area contributed by atoms with Crippen LogP contribution in [0, 0.1) is 0 Å². The van der Waals surface area contributed by atoms with Crippen LogP contribution in [0.25, 0.3) is 0 Å². The molecule has 0 radical (unpaired) electrons. The molecule has 0 fully saturated rings. The second-order valence-corrected chi connectivity index (χ2v) is 6.81. The van der Waals surface area contributed by atoms with E-state index in [4.69, 9.17) is 14.6 Å². The summed E-state index contributed by atoms with van der Waals surface area (Å²) in [5.74, 6) is -1.37.